The standard InChI is InChI=1S/C34H45N3O4S/c1-26(2)24-37(42(40,41)29-17-15-27(3)16-18-29)25-31(38)30(22-28-12-6-4-7-13-28)36-33(39)23-34(19-9-5-10-20-34)32-14-8-11-21-35-32/h4,6-8,11-18,21,26,30-31,38H,5,9-10,19-20,22-25H2,1-3H3,(H,36,39). The van der Waals surface area contributed by atoms with Crippen LogP contribution >= 0.6 is 0 Å². The fourth-order valence-corrected chi connectivity index (χ4v) is 7.64. The average molecular weight is 592 g/mol. The van der Waals surface area contributed by atoms with Crippen molar-refractivity contribution >= 4 is 15.9 Å². The summed E-state index contributed by atoms with van der Waals surface area (Å²) in [5, 5.41) is 14.7. The van der Waals surface area contributed by atoms with Gasteiger partial charge in [-0.05, 0) is 61.9 Å². The van der Waals surface area contributed by atoms with Crippen LogP contribution in [0.5, 0.6) is 0 Å². The van der Waals surface area contributed by atoms with Gasteiger partial charge < -0.3 is 10.4 Å². The molecule has 226 valence electrons. The lowest BCUT2D eigenvalue weighted by Gasteiger charge is -2.37. The van der Waals surface area contributed by atoms with Crippen LogP contribution in [0.4, 0.5) is 0 Å². The number of rotatable bonds is 13. The Balaban J connectivity index is 1.58. The second kappa shape index (κ2) is 14.4. The van der Waals surface area contributed by atoms with Gasteiger partial charge in [0.2, 0.25) is 15.9 Å². The first-order valence-electron chi connectivity index (χ1n) is 15.1. The van der Waals surface area contributed by atoms with Crippen molar-refractivity contribution in [3.05, 3.63) is 95.8 Å². The summed E-state index contributed by atoms with van der Waals surface area (Å²) in [6.07, 6.45) is 6.33. The fraction of sp³-hybridized carbons (Fsp3) is 0.471. The van der Waals surface area contributed by atoms with Gasteiger partial charge >= 0.3 is 0 Å². The Morgan fingerprint density at radius 1 is 0.952 bits per heavy atom. The summed E-state index contributed by atoms with van der Waals surface area (Å²) in [7, 11) is -3.86. The molecule has 0 saturated heterocycles. The van der Waals surface area contributed by atoms with Crippen LogP contribution < -0.4 is 5.32 Å². The summed E-state index contributed by atoms with van der Waals surface area (Å²) < 4.78 is 28.8. The van der Waals surface area contributed by atoms with Crippen molar-refractivity contribution in [2.24, 2.45) is 5.92 Å². The predicted octanol–water partition coefficient (Wildman–Crippen LogP) is 5.42. The molecule has 0 aliphatic heterocycles. The van der Waals surface area contributed by atoms with Gasteiger partial charge in [-0.3, -0.25) is 9.78 Å². The minimum atomic E-state index is -3.86. The van der Waals surface area contributed by atoms with Crippen LogP contribution in [0.3, 0.4) is 0 Å². The second-order valence-electron chi connectivity index (χ2n) is 12.2. The molecule has 8 heteroatoms. The molecule has 1 fully saturated rings. The number of carbonyl (C=O) groups is 1. The largest absolute Gasteiger partial charge is 0.390 e. The highest BCUT2D eigenvalue weighted by Gasteiger charge is 2.38. The van der Waals surface area contributed by atoms with Crippen molar-refractivity contribution < 1.29 is 18.3 Å². The van der Waals surface area contributed by atoms with Gasteiger partial charge in [-0.2, -0.15) is 4.31 Å². The third kappa shape index (κ3) is 8.27. The number of aromatic nitrogens is 1. The van der Waals surface area contributed by atoms with Gasteiger partial charge in [0.05, 0.1) is 17.0 Å². The fourth-order valence-electron chi connectivity index (χ4n) is 6.02. The van der Waals surface area contributed by atoms with Gasteiger partial charge in [0, 0.05) is 36.8 Å². The second-order valence-corrected chi connectivity index (χ2v) is 14.1. The van der Waals surface area contributed by atoms with E-state index < -0.39 is 22.2 Å². The number of aliphatic hydroxyl groups is 1. The molecule has 2 unspecified atom stereocenters. The molecule has 0 spiro atoms. The molecule has 2 atom stereocenters. The highest BCUT2D eigenvalue weighted by molar-refractivity contribution is 7.89. The van der Waals surface area contributed by atoms with E-state index in [1.165, 1.54) is 4.31 Å². The normalized spacial score (nSPS) is 16.7. The summed E-state index contributed by atoms with van der Waals surface area (Å²) in [4.78, 5) is 18.6. The number of aliphatic hydroxyl groups excluding tert-OH is 1. The average Bonchev–Trinajstić information content (AvgIpc) is 2.98. The van der Waals surface area contributed by atoms with Crippen LogP contribution in [0.1, 0.15) is 69.2 Å². The number of nitrogens with zero attached hydrogens (tertiary/aromatic N) is 2. The Bertz CT molecular complexity index is 1370. The smallest absolute Gasteiger partial charge is 0.243 e. The van der Waals surface area contributed by atoms with Crippen molar-refractivity contribution in [1.29, 1.82) is 0 Å². The Hall–Kier alpha value is -3.07. The van der Waals surface area contributed by atoms with Gasteiger partial charge in [-0.25, -0.2) is 8.42 Å². The van der Waals surface area contributed by atoms with Gasteiger partial charge in [0.15, 0.2) is 0 Å². The number of benzene rings is 2. The van der Waals surface area contributed by atoms with E-state index in [4.69, 9.17) is 0 Å². The molecule has 1 saturated carbocycles. The molecule has 0 radical (unpaired) electrons. The quantitative estimate of drug-likeness (QED) is 0.277. The maximum Gasteiger partial charge on any atom is 0.243 e. The number of hydrogen-bond donors (Lipinski definition) is 2. The van der Waals surface area contributed by atoms with Crippen molar-refractivity contribution in [3.63, 3.8) is 0 Å². The van der Waals surface area contributed by atoms with E-state index in [0.717, 1.165) is 48.9 Å². The maximum atomic E-state index is 13.7. The molecule has 1 aliphatic rings. The highest BCUT2D eigenvalue weighted by Crippen LogP contribution is 2.41. The molecule has 42 heavy (non-hydrogen) atoms. The Kier molecular flexibility index (Phi) is 10.9. The highest BCUT2D eigenvalue weighted by atomic mass is 32.2. The van der Waals surface area contributed by atoms with Gasteiger partial charge in [-0.1, -0.05) is 87.2 Å². The summed E-state index contributed by atoms with van der Waals surface area (Å²) in [6, 6.07) is 21.6. The monoisotopic (exact) mass is 591 g/mol. The Labute approximate surface area is 251 Å². The molecule has 1 heterocycles. The van der Waals surface area contributed by atoms with Crippen molar-refractivity contribution in [2.75, 3.05) is 13.1 Å². The van der Waals surface area contributed by atoms with Crippen molar-refractivity contribution in [2.45, 2.75) is 88.2 Å². The minimum Gasteiger partial charge on any atom is -0.390 e. The predicted molar refractivity (Wildman–Crippen MR) is 166 cm³/mol. The number of sulfonamides is 1. The Morgan fingerprint density at radius 3 is 2.24 bits per heavy atom. The lowest BCUT2D eigenvalue weighted by atomic mass is 9.69. The van der Waals surface area contributed by atoms with E-state index in [9.17, 15) is 18.3 Å². The lowest BCUT2D eigenvalue weighted by molar-refractivity contribution is -0.124. The topological polar surface area (TPSA) is 99.6 Å². The maximum absolute atomic E-state index is 13.7. The molecule has 1 aromatic heterocycles. The third-order valence-corrected chi connectivity index (χ3v) is 10.1. The van der Waals surface area contributed by atoms with Crippen LogP contribution in [0.2, 0.25) is 0 Å². The van der Waals surface area contributed by atoms with Crippen molar-refractivity contribution in [1.82, 2.24) is 14.6 Å². The zero-order chi connectivity index (χ0) is 30.2. The first-order chi connectivity index (χ1) is 20.1. The minimum absolute atomic E-state index is 0.0455. The zero-order valence-corrected chi connectivity index (χ0v) is 25.9. The van der Waals surface area contributed by atoms with E-state index in [0.29, 0.717) is 6.42 Å². The number of pyridine rings is 1. The van der Waals surface area contributed by atoms with E-state index >= 15 is 0 Å². The van der Waals surface area contributed by atoms with Crippen LogP contribution in [0.15, 0.2) is 83.9 Å². The van der Waals surface area contributed by atoms with E-state index in [-0.39, 0.29) is 41.6 Å². The first kappa shape index (κ1) is 31.9. The van der Waals surface area contributed by atoms with Crippen LogP contribution in [0.25, 0.3) is 0 Å². The molecular formula is C34H45N3O4S. The van der Waals surface area contributed by atoms with Crippen molar-refractivity contribution in [3.8, 4) is 0 Å². The summed E-state index contributed by atoms with van der Waals surface area (Å²) >= 11 is 0. The molecule has 4 rings (SSSR count). The number of nitrogens with one attached hydrogen (secondary N) is 1. The van der Waals surface area contributed by atoms with E-state index in [2.05, 4.69) is 10.3 Å². The van der Waals surface area contributed by atoms with Crippen LogP contribution in [-0.4, -0.2) is 54.0 Å². The van der Waals surface area contributed by atoms with E-state index in [1.807, 2.05) is 69.3 Å². The summed E-state index contributed by atoms with van der Waals surface area (Å²) in [5.74, 6) is -0.108. The molecule has 0 bridgehead atoms. The number of hydrogen-bond acceptors (Lipinski definition) is 5. The first-order valence-corrected chi connectivity index (χ1v) is 16.5. The number of carbonyl (C=O) groups excluding carboxylic acids is 1. The SMILES string of the molecule is Cc1ccc(S(=O)(=O)N(CC(C)C)CC(O)C(Cc2ccccc2)NC(=O)CC2(c3ccccn3)CCCCC2)cc1. The molecule has 2 aromatic carbocycles. The molecule has 1 aliphatic carbocycles. The molecule has 2 N–H and O–H groups in total. The van der Waals surface area contributed by atoms with Crippen LogP contribution in [0, 0.1) is 12.8 Å². The lowest BCUT2D eigenvalue weighted by Crippen LogP contribution is -2.52. The van der Waals surface area contributed by atoms with Crippen LogP contribution in [-0.2, 0) is 26.7 Å². The molecule has 3 aromatic rings. The van der Waals surface area contributed by atoms with E-state index in [1.54, 1.807) is 30.5 Å². The number of amides is 1. The summed E-state index contributed by atoms with van der Waals surface area (Å²) in [6.45, 7) is 5.94. The molecular weight excluding hydrogens is 546 g/mol. The Morgan fingerprint density at radius 2 is 1.62 bits per heavy atom. The number of aryl methyl sites for hydroxylation is 1. The van der Waals surface area contributed by atoms with Gasteiger partial charge in [0.1, 0.15) is 0 Å². The zero-order valence-electron chi connectivity index (χ0n) is 25.1. The summed E-state index contributed by atoms with van der Waals surface area (Å²) in [5.41, 5.74) is 2.52. The third-order valence-electron chi connectivity index (χ3n) is 8.25. The van der Waals surface area contributed by atoms with Gasteiger partial charge in [-0.15, -0.1) is 0 Å². The molecule has 7 nitrogen and oxygen atoms in total. The molecule has 1 amide bonds. The van der Waals surface area contributed by atoms with Gasteiger partial charge in [0.25, 0.3) is 0 Å².